The zero-order valence-corrected chi connectivity index (χ0v) is 12.4. The smallest absolute Gasteiger partial charge is 0.0701 e. The Balaban J connectivity index is 2.50. The number of halogens is 1. The summed E-state index contributed by atoms with van der Waals surface area (Å²) in [4.78, 5) is 2.31. The summed E-state index contributed by atoms with van der Waals surface area (Å²) < 4.78 is 6.42. The highest BCUT2D eigenvalue weighted by Crippen LogP contribution is 2.21. The van der Waals surface area contributed by atoms with Crippen LogP contribution in [-0.4, -0.2) is 45.3 Å². The van der Waals surface area contributed by atoms with E-state index in [1.165, 1.54) is 9.35 Å². The predicted molar refractivity (Wildman–Crippen MR) is 73.1 cm³/mol. The number of methoxy groups -OCH3 is 1. The van der Waals surface area contributed by atoms with E-state index in [1.54, 1.807) is 18.4 Å². The molecule has 1 unspecified atom stereocenters. The van der Waals surface area contributed by atoms with Crippen LogP contribution in [0.1, 0.15) is 5.56 Å². The minimum atomic E-state index is 0.411. The van der Waals surface area contributed by atoms with Gasteiger partial charge in [0.05, 0.1) is 10.4 Å². The lowest BCUT2D eigenvalue weighted by Gasteiger charge is -2.27. The molecule has 16 heavy (non-hydrogen) atoms. The average molecular weight is 307 g/mol. The minimum absolute atomic E-state index is 0.411. The van der Waals surface area contributed by atoms with Crippen LogP contribution in [0.3, 0.4) is 0 Å². The Labute approximate surface area is 110 Å². The van der Waals surface area contributed by atoms with Gasteiger partial charge in [0.15, 0.2) is 0 Å². The highest BCUT2D eigenvalue weighted by Gasteiger charge is 2.14. The van der Waals surface area contributed by atoms with Crippen molar-refractivity contribution in [1.82, 2.24) is 10.2 Å². The second-order valence-corrected chi connectivity index (χ2v) is 6.13. The van der Waals surface area contributed by atoms with Crippen LogP contribution in [-0.2, 0) is 11.3 Å². The van der Waals surface area contributed by atoms with E-state index in [0.29, 0.717) is 6.04 Å². The number of rotatable bonds is 7. The molecule has 0 aliphatic rings. The van der Waals surface area contributed by atoms with Crippen molar-refractivity contribution in [2.45, 2.75) is 12.6 Å². The summed E-state index contributed by atoms with van der Waals surface area (Å²) in [6.07, 6.45) is 0. The lowest BCUT2D eigenvalue weighted by molar-refractivity contribution is 0.102. The van der Waals surface area contributed by atoms with Gasteiger partial charge < -0.3 is 10.1 Å². The molecule has 0 amide bonds. The molecule has 1 aromatic heterocycles. The zero-order chi connectivity index (χ0) is 12.0. The highest BCUT2D eigenvalue weighted by atomic mass is 79.9. The second kappa shape index (κ2) is 7.40. The van der Waals surface area contributed by atoms with E-state index < -0.39 is 0 Å². The van der Waals surface area contributed by atoms with Crippen molar-refractivity contribution in [2.75, 3.05) is 34.4 Å². The zero-order valence-electron chi connectivity index (χ0n) is 10.00. The first-order chi connectivity index (χ1) is 7.67. The summed E-state index contributed by atoms with van der Waals surface area (Å²) in [5, 5.41) is 5.38. The SMILES string of the molecule is CNCC(COC)N(C)Cc1csc(Br)c1. The minimum Gasteiger partial charge on any atom is -0.383 e. The van der Waals surface area contributed by atoms with E-state index >= 15 is 0 Å². The molecule has 92 valence electrons. The van der Waals surface area contributed by atoms with Gasteiger partial charge in [0.2, 0.25) is 0 Å². The molecular weight excluding hydrogens is 288 g/mol. The van der Waals surface area contributed by atoms with E-state index in [1.807, 2.05) is 7.05 Å². The Morgan fingerprint density at radius 3 is 2.88 bits per heavy atom. The monoisotopic (exact) mass is 306 g/mol. The van der Waals surface area contributed by atoms with Crippen LogP contribution in [0, 0.1) is 0 Å². The number of nitrogens with zero attached hydrogens (tertiary/aromatic N) is 1. The fourth-order valence-corrected chi connectivity index (χ4v) is 2.82. The van der Waals surface area contributed by atoms with Crippen LogP contribution >= 0.6 is 27.3 Å². The van der Waals surface area contributed by atoms with Crippen molar-refractivity contribution < 1.29 is 4.74 Å². The lowest BCUT2D eigenvalue weighted by Crippen LogP contribution is -2.41. The first-order valence-corrected chi connectivity index (χ1v) is 6.91. The Kier molecular flexibility index (Phi) is 6.53. The highest BCUT2D eigenvalue weighted by molar-refractivity contribution is 9.11. The van der Waals surface area contributed by atoms with Gasteiger partial charge in [0.25, 0.3) is 0 Å². The van der Waals surface area contributed by atoms with Crippen LogP contribution in [0.15, 0.2) is 15.2 Å². The number of ether oxygens (including phenoxy) is 1. The number of hydrogen-bond donors (Lipinski definition) is 1. The molecule has 1 N–H and O–H groups in total. The van der Waals surface area contributed by atoms with Crippen LogP contribution in [0.25, 0.3) is 0 Å². The number of thiophene rings is 1. The Bertz CT molecular complexity index is 300. The van der Waals surface area contributed by atoms with Crippen LogP contribution in [0.2, 0.25) is 0 Å². The predicted octanol–water partition coefficient (Wildman–Crippen LogP) is 2.18. The third kappa shape index (κ3) is 4.51. The summed E-state index contributed by atoms with van der Waals surface area (Å²) in [5.74, 6) is 0. The van der Waals surface area contributed by atoms with Crippen molar-refractivity contribution in [2.24, 2.45) is 0 Å². The molecule has 0 fully saturated rings. The van der Waals surface area contributed by atoms with Gasteiger partial charge in [-0.1, -0.05) is 0 Å². The van der Waals surface area contributed by atoms with Crippen LogP contribution in [0.4, 0.5) is 0 Å². The van der Waals surface area contributed by atoms with Gasteiger partial charge in [-0.25, -0.2) is 0 Å². The molecule has 0 saturated heterocycles. The molecule has 0 saturated carbocycles. The van der Waals surface area contributed by atoms with Crippen LogP contribution < -0.4 is 5.32 Å². The van der Waals surface area contributed by atoms with Gasteiger partial charge in [-0.05, 0) is 47.0 Å². The van der Waals surface area contributed by atoms with E-state index in [0.717, 1.165) is 19.7 Å². The molecule has 0 aliphatic heterocycles. The third-order valence-electron chi connectivity index (χ3n) is 2.48. The number of likely N-dealkylation sites (N-methyl/N-ethyl adjacent to an activating group) is 2. The van der Waals surface area contributed by atoms with Gasteiger partial charge in [-0.3, -0.25) is 4.90 Å². The fourth-order valence-electron chi connectivity index (χ4n) is 1.62. The maximum Gasteiger partial charge on any atom is 0.0701 e. The van der Waals surface area contributed by atoms with Crippen molar-refractivity contribution in [1.29, 1.82) is 0 Å². The lowest BCUT2D eigenvalue weighted by atomic mass is 10.2. The average Bonchev–Trinajstić information content (AvgIpc) is 2.63. The molecule has 1 rings (SSSR count). The molecule has 0 aromatic carbocycles. The van der Waals surface area contributed by atoms with E-state index in [4.69, 9.17) is 4.74 Å². The van der Waals surface area contributed by atoms with E-state index in [-0.39, 0.29) is 0 Å². The van der Waals surface area contributed by atoms with E-state index in [2.05, 4.69) is 44.6 Å². The topological polar surface area (TPSA) is 24.5 Å². The van der Waals surface area contributed by atoms with E-state index in [9.17, 15) is 0 Å². The maximum atomic E-state index is 5.23. The molecular formula is C11H19BrN2OS. The van der Waals surface area contributed by atoms with Crippen molar-refractivity contribution in [3.05, 3.63) is 20.8 Å². The van der Waals surface area contributed by atoms with Gasteiger partial charge in [-0.2, -0.15) is 0 Å². The third-order valence-corrected chi connectivity index (χ3v) is 4.03. The Hall–Kier alpha value is 0.0600. The quantitative estimate of drug-likeness (QED) is 0.835. The number of hydrogen-bond acceptors (Lipinski definition) is 4. The van der Waals surface area contributed by atoms with Crippen molar-refractivity contribution in [3.8, 4) is 0 Å². The molecule has 1 aromatic rings. The standard InChI is InChI=1S/C11H19BrN2OS/c1-13-5-10(7-15-3)14(2)6-9-4-11(12)16-8-9/h4,8,10,13H,5-7H2,1-3H3. The largest absolute Gasteiger partial charge is 0.383 e. The molecule has 0 radical (unpaired) electrons. The summed E-state index contributed by atoms with van der Waals surface area (Å²) in [7, 11) is 5.85. The summed E-state index contributed by atoms with van der Waals surface area (Å²) in [5.41, 5.74) is 1.34. The normalized spacial score (nSPS) is 13.3. The molecule has 1 heterocycles. The maximum absolute atomic E-state index is 5.23. The second-order valence-electron chi connectivity index (χ2n) is 3.84. The molecule has 3 nitrogen and oxygen atoms in total. The summed E-state index contributed by atoms with van der Waals surface area (Å²) in [6, 6.07) is 2.58. The first kappa shape index (κ1) is 14.1. The van der Waals surface area contributed by atoms with Crippen LogP contribution in [0.5, 0.6) is 0 Å². The summed E-state index contributed by atoms with van der Waals surface area (Å²) in [6.45, 7) is 2.65. The summed E-state index contributed by atoms with van der Waals surface area (Å²) >= 11 is 5.21. The fraction of sp³-hybridized carbons (Fsp3) is 0.636. The molecule has 5 heteroatoms. The Morgan fingerprint density at radius 2 is 2.38 bits per heavy atom. The molecule has 1 atom stereocenters. The number of nitrogens with one attached hydrogen (secondary N) is 1. The molecule has 0 spiro atoms. The van der Waals surface area contributed by atoms with Gasteiger partial charge in [0, 0.05) is 26.2 Å². The van der Waals surface area contributed by atoms with Gasteiger partial charge in [0.1, 0.15) is 0 Å². The van der Waals surface area contributed by atoms with Crippen molar-refractivity contribution >= 4 is 27.3 Å². The van der Waals surface area contributed by atoms with Gasteiger partial charge >= 0.3 is 0 Å². The Morgan fingerprint density at radius 1 is 1.62 bits per heavy atom. The van der Waals surface area contributed by atoms with Gasteiger partial charge in [-0.15, -0.1) is 11.3 Å². The molecule has 0 aliphatic carbocycles. The molecule has 0 bridgehead atoms. The first-order valence-electron chi connectivity index (χ1n) is 5.24. The van der Waals surface area contributed by atoms with Crippen molar-refractivity contribution in [3.63, 3.8) is 0 Å².